The summed E-state index contributed by atoms with van der Waals surface area (Å²) in [7, 11) is 0. The van der Waals surface area contributed by atoms with E-state index in [-0.39, 0.29) is 10.8 Å². The van der Waals surface area contributed by atoms with Gasteiger partial charge in [0.05, 0.1) is 5.69 Å². The average Bonchev–Trinajstić information content (AvgIpc) is 3.68. The van der Waals surface area contributed by atoms with E-state index in [0.29, 0.717) is 0 Å². The summed E-state index contributed by atoms with van der Waals surface area (Å²) < 4.78 is 0. The first-order valence-electron chi connectivity index (χ1n) is 21.5. The predicted molar refractivity (Wildman–Crippen MR) is 258 cm³/mol. The molecule has 2 aliphatic carbocycles. The topological polar surface area (TPSA) is 3.24 Å². The average molecular weight is 782 g/mol. The van der Waals surface area contributed by atoms with Gasteiger partial charge >= 0.3 is 0 Å². The fourth-order valence-corrected chi connectivity index (χ4v) is 10.2. The van der Waals surface area contributed by atoms with Gasteiger partial charge in [-0.1, -0.05) is 198 Å². The Morgan fingerprint density at radius 3 is 1.16 bits per heavy atom. The molecule has 0 fully saturated rings. The van der Waals surface area contributed by atoms with Crippen LogP contribution < -0.4 is 4.90 Å². The number of benzene rings is 9. The minimum Gasteiger partial charge on any atom is -0.310 e. The number of hydrogen-bond acceptors (Lipinski definition) is 1. The van der Waals surface area contributed by atoms with Gasteiger partial charge in [0.2, 0.25) is 0 Å². The van der Waals surface area contributed by atoms with Gasteiger partial charge in [0.1, 0.15) is 0 Å². The summed E-state index contributed by atoms with van der Waals surface area (Å²) in [6.45, 7) is 9.51. The molecule has 1 heteroatoms. The third-order valence-electron chi connectivity index (χ3n) is 13.5. The lowest BCUT2D eigenvalue weighted by atomic mass is 9.82. The summed E-state index contributed by atoms with van der Waals surface area (Å²) in [5.74, 6) is 0. The maximum absolute atomic E-state index is 2.54. The fraction of sp³-hybridized carbons (Fsp3) is 0.100. The second-order valence-corrected chi connectivity index (χ2v) is 17.8. The van der Waals surface area contributed by atoms with Crippen LogP contribution in [0.15, 0.2) is 212 Å². The van der Waals surface area contributed by atoms with Crippen LogP contribution in [-0.2, 0) is 10.8 Å². The van der Waals surface area contributed by atoms with Crippen LogP contribution in [0.4, 0.5) is 17.1 Å². The van der Waals surface area contributed by atoms with Crippen molar-refractivity contribution in [3.8, 4) is 66.8 Å². The quantitative estimate of drug-likeness (QED) is 0.156. The molecular formula is C60H47N. The fourth-order valence-electron chi connectivity index (χ4n) is 10.2. The molecule has 292 valence electrons. The summed E-state index contributed by atoms with van der Waals surface area (Å²) in [5, 5.41) is 0. The van der Waals surface area contributed by atoms with E-state index in [1.807, 2.05) is 0 Å². The highest BCUT2D eigenvalue weighted by Crippen LogP contribution is 2.54. The van der Waals surface area contributed by atoms with Gasteiger partial charge in [0.15, 0.2) is 0 Å². The van der Waals surface area contributed by atoms with E-state index in [1.54, 1.807) is 0 Å². The molecule has 0 saturated carbocycles. The van der Waals surface area contributed by atoms with E-state index in [2.05, 4.69) is 245 Å². The highest BCUT2D eigenvalue weighted by atomic mass is 15.1. The predicted octanol–water partition coefficient (Wildman–Crippen LogP) is 16.4. The molecule has 0 radical (unpaired) electrons. The van der Waals surface area contributed by atoms with Crippen molar-refractivity contribution in [1.82, 2.24) is 0 Å². The molecule has 9 aromatic rings. The molecule has 0 amide bonds. The Bertz CT molecular complexity index is 3030. The summed E-state index contributed by atoms with van der Waals surface area (Å²) in [5.41, 5.74) is 23.4. The van der Waals surface area contributed by atoms with Crippen LogP contribution in [0.2, 0.25) is 0 Å². The van der Waals surface area contributed by atoms with Gasteiger partial charge in [0, 0.05) is 27.8 Å². The van der Waals surface area contributed by atoms with E-state index in [4.69, 9.17) is 0 Å². The molecule has 0 N–H and O–H groups in total. The van der Waals surface area contributed by atoms with Gasteiger partial charge in [-0.15, -0.1) is 0 Å². The molecule has 61 heavy (non-hydrogen) atoms. The van der Waals surface area contributed by atoms with E-state index in [9.17, 15) is 0 Å². The maximum atomic E-state index is 2.54. The third kappa shape index (κ3) is 6.07. The largest absolute Gasteiger partial charge is 0.310 e. The van der Waals surface area contributed by atoms with Crippen LogP contribution >= 0.6 is 0 Å². The lowest BCUT2D eigenvalue weighted by Gasteiger charge is -2.31. The molecule has 9 aromatic carbocycles. The molecule has 1 nitrogen and oxygen atoms in total. The zero-order chi connectivity index (χ0) is 41.3. The van der Waals surface area contributed by atoms with Crippen LogP contribution in [-0.4, -0.2) is 0 Å². The Labute approximate surface area is 360 Å². The van der Waals surface area contributed by atoms with Crippen molar-refractivity contribution in [1.29, 1.82) is 0 Å². The molecule has 0 heterocycles. The van der Waals surface area contributed by atoms with Crippen molar-refractivity contribution in [3.05, 3.63) is 235 Å². The van der Waals surface area contributed by atoms with Gasteiger partial charge in [-0.3, -0.25) is 0 Å². The second kappa shape index (κ2) is 14.2. The first kappa shape index (κ1) is 36.8. The molecule has 0 unspecified atom stereocenters. The van der Waals surface area contributed by atoms with Crippen molar-refractivity contribution in [3.63, 3.8) is 0 Å². The lowest BCUT2D eigenvalue weighted by molar-refractivity contribution is 0.660. The normalized spacial score (nSPS) is 13.8. The summed E-state index contributed by atoms with van der Waals surface area (Å²) in [6.07, 6.45) is 0. The SMILES string of the molecule is CC1(C)c2ccccc2-c2ccc(N(c3ccc4c(c3)C(C)(C)c3ccccc3-4)c3cc(-c4cccc(-c5ccccc5)c4)ccc3-c3cccc(-c4ccccc4)c3)cc21. The molecule has 0 atom stereocenters. The molecule has 11 rings (SSSR count). The van der Waals surface area contributed by atoms with Crippen LogP contribution in [0.25, 0.3) is 66.8 Å². The van der Waals surface area contributed by atoms with E-state index in [0.717, 1.165) is 17.1 Å². The maximum Gasteiger partial charge on any atom is 0.0546 e. The number of anilines is 3. The highest BCUT2D eigenvalue weighted by Gasteiger charge is 2.38. The van der Waals surface area contributed by atoms with Crippen molar-refractivity contribution in [2.24, 2.45) is 0 Å². The monoisotopic (exact) mass is 781 g/mol. The van der Waals surface area contributed by atoms with Gasteiger partial charge in [0.25, 0.3) is 0 Å². The van der Waals surface area contributed by atoms with Gasteiger partial charge in [-0.05, 0) is 126 Å². The van der Waals surface area contributed by atoms with E-state index >= 15 is 0 Å². The number of rotatable bonds is 7. The number of hydrogen-bond donors (Lipinski definition) is 0. The Balaban J connectivity index is 1.17. The summed E-state index contributed by atoms with van der Waals surface area (Å²) >= 11 is 0. The van der Waals surface area contributed by atoms with Crippen LogP contribution in [0.5, 0.6) is 0 Å². The van der Waals surface area contributed by atoms with Gasteiger partial charge in [-0.2, -0.15) is 0 Å². The summed E-state index contributed by atoms with van der Waals surface area (Å²) in [4.78, 5) is 2.54. The van der Waals surface area contributed by atoms with Crippen molar-refractivity contribution >= 4 is 17.1 Å². The zero-order valence-corrected chi connectivity index (χ0v) is 35.2. The number of nitrogens with zero attached hydrogens (tertiary/aromatic N) is 1. The molecule has 0 aromatic heterocycles. The second-order valence-electron chi connectivity index (χ2n) is 17.8. The Hall–Kier alpha value is -7.22. The third-order valence-corrected chi connectivity index (χ3v) is 13.5. The standard InChI is InChI=1S/C60H47N/c1-59(2)54-27-13-11-25-50(54)52-33-30-47(38-56(52)59)61(48-31-34-53-51-26-12-14-28-55(51)60(3,4)57(53)39-48)58-37-45(44-23-15-21-42(35-44)40-17-7-5-8-18-40)29-32-49(58)46-24-16-22-43(36-46)41-19-9-6-10-20-41/h5-39H,1-4H3. The minimum absolute atomic E-state index is 0.151. The number of fused-ring (bicyclic) bond motifs is 6. The Kier molecular flexibility index (Phi) is 8.58. The van der Waals surface area contributed by atoms with E-state index in [1.165, 1.54) is 89.0 Å². The Morgan fingerprint density at radius 2 is 0.639 bits per heavy atom. The van der Waals surface area contributed by atoms with Crippen molar-refractivity contribution in [2.75, 3.05) is 4.90 Å². The smallest absolute Gasteiger partial charge is 0.0546 e. The van der Waals surface area contributed by atoms with Crippen LogP contribution in [0.3, 0.4) is 0 Å². The lowest BCUT2D eigenvalue weighted by Crippen LogP contribution is -2.18. The highest BCUT2D eigenvalue weighted by molar-refractivity contribution is 5.95. The minimum atomic E-state index is -0.151. The molecule has 0 spiro atoms. The van der Waals surface area contributed by atoms with Crippen molar-refractivity contribution in [2.45, 2.75) is 38.5 Å². The molecule has 2 aliphatic rings. The molecule has 0 bridgehead atoms. The van der Waals surface area contributed by atoms with E-state index < -0.39 is 0 Å². The van der Waals surface area contributed by atoms with Crippen LogP contribution in [0.1, 0.15) is 49.9 Å². The first-order valence-corrected chi connectivity index (χ1v) is 21.5. The van der Waals surface area contributed by atoms with Gasteiger partial charge < -0.3 is 4.90 Å². The van der Waals surface area contributed by atoms with Gasteiger partial charge in [-0.25, -0.2) is 0 Å². The van der Waals surface area contributed by atoms with Crippen LogP contribution in [0, 0.1) is 0 Å². The Morgan fingerprint density at radius 1 is 0.262 bits per heavy atom. The zero-order valence-electron chi connectivity index (χ0n) is 35.2. The van der Waals surface area contributed by atoms with Crippen molar-refractivity contribution < 1.29 is 0 Å². The first-order chi connectivity index (χ1) is 29.8. The molecular weight excluding hydrogens is 735 g/mol. The summed E-state index contributed by atoms with van der Waals surface area (Å²) in [6, 6.07) is 78.7. The molecule has 0 saturated heterocycles. The molecule has 0 aliphatic heterocycles.